The maximum atomic E-state index is 11.9. The van der Waals surface area contributed by atoms with Crippen LogP contribution in [0.4, 0.5) is 0 Å². The number of hydrogen-bond acceptors (Lipinski definition) is 3. The van der Waals surface area contributed by atoms with Crippen molar-refractivity contribution >= 4 is 17.8 Å². The first-order valence-electron chi connectivity index (χ1n) is 7.33. The van der Waals surface area contributed by atoms with E-state index in [9.17, 15) is 24.6 Å². The Kier molecular flexibility index (Phi) is 5.53. The minimum Gasteiger partial charge on any atom is -0.481 e. The average molecular weight is 321 g/mol. The van der Waals surface area contributed by atoms with E-state index < -0.39 is 29.3 Å². The molecule has 0 aromatic heterocycles. The van der Waals surface area contributed by atoms with E-state index in [1.165, 1.54) is 13.8 Å². The van der Waals surface area contributed by atoms with Gasteiger partial charge in [0.25, 0.3) is 0 Å². The summed E-state index contributed by atoms with van der Waals surface area (Å²) in [6, 6.07) is 3.82. The van der Waals surface area contributed by atoms with E-state index in [1.807, 2.05) is 32.9 Å². The zero-order chi connectivity index (χ0) is 17.9. The lowest BCUT2D eigenvalue weighted by Crippen LogP contribution is -2.61. The van der Waals surface area contributed by atoms with Crippen molar-refractivity contribution in [3.63, 3.8) is 0 Å². The quantitative estimate of drug-likeness (QED) is 0.741. The zero-order valence-corrected chi connectivity index (χ0v) is 14.1. The van der Waals surface area contributed by atoms with Crippen LogP contribution in [0.5, 0.6) is 0 Å². The highest BCUT2D eigenvalue weighted by molar-refractivity contribution is 5.91. The second-order valence-corrected chi connectivity index (χ2v) is 6.07. The van der Waals surface area contributed by atoms with Crippen molar-refractivity contribution in [1.29, 1.82) is 0 Å². The number of rotatable bonds is 6. The van der Waals surface area contributed by atoms with Gasteiger partial charge in [0, 0.05) is 13.3 Å². The molecule has 0 spiro atoms. The third-order valence-corrected chi connectivity index (χ3v) is 4.19. The molecule has 0 aliphatic carbocycles. The van der Waals surface area contributed by atoms with Gasteiger partial charge in [0.05, 0.1) is 5.92 Å². The molecule has 0 saturated carbocycles. The fraction of sp³-hybridized carbons (Fsp3) is 0.471. The fourth-order valence-electron chi connectivity index (χ4n) is 2.91. The summed E-state index contributed by atoms with van der Waals surface area (Å²) in [6.07, 6.45) is -0.0900. The maximum Gasteiger partial charge on any atom is 0.330 e. The molecule has 3 N–H and O–H groups in total. The summed E-state index contributed by atoms with van der Waals surface area (Å²) in [6.45, 7) is 8.11. The van der Waals surface area contributed by atoms with E-state index in [2.05, 4.69) is 5.32 Å². The van der Waals surface area contributed by atoms with E-state index in [1.54, 1.807) is 0 Å². The van der Waals surface area contributed by atoms with Crippen LogP contribution < -0.4 is 5.32 Å². The van der Waals surface area contributed by atoms with Crippen molar-refractivity contribution in [2.75, 3.05) is 0 Å². The number of hydrogen-bond donors (Lipinski definition) is 3. The van der Waals surface area contributed by atoms with Crippen LogP contribution in [-0.2, 0) is 20.8 Å². The molecular weight excluding hydrogens is 298 g/mol. The Hall–Kier alpha value is -2.37. The maximum absolute atomic E-state index is 11.9. The first-order chi connectivity index (χ1) is 10.5. The molecule has 0 bridgehead atoms. The molecule has 6 nitrogen and oxygen atoms in total. The van der Waals surface area contributed by atoms with Crippen molar-refractivity contribution in [2.45, 2.75) is 46.6 Å². The molecule has 23 heavy (non-hydrogen) atoms. The second-order valence-electron chi connectivity index (χ2n) is 6.07. The number of carbonyl (C=O) groups excluding carboxylic acids is 1. The SMILES string of the molecule is CC(=O)NC(Cc1c(C)cc(C)cc1C)(C(=O)O)C(C)C(=O)O. The minimum absolute atomic E-state index is 0.0900. The summed E-state index contributed by atoms with van der Waals surface area (Å²) in [5.41, 5.74) is 1.62. The first-order valence-corrected chi connectivity index (χ1v) is 7.33. The monoisotopic (exact) mass is 321 g/mol. The third-order valence-electron chi connectivity index (χ3n) is 4.19. The molecular formula is C17H23NO5. The molecule has 126 valence electrons. The van der Waals surface area contributed by atoms with Gasteiger partial charge in [-0.15, -0.1) is 0 Å². The minimum atomic E-state index is -1.90. The molecule has 0 fully saturated rings. The van der Waals surface area contributed by atoms with Gasteiger partial charge in [0.15, 0.2) is 5.54 Å². The van der Waals surface area contributed by atoms with Gasteiger partial charge in [0.2, 0.25) is 5.91 Å². The third kappa shape index (κ3) is 3.88. The molecule has 2 unspecified atom stereocenters. The van der Waals surface area contributed by atoms with Crippen LogP contribution in [0.15, 0.2) is 12.1 Å². The number of carbonyl (C=O) groups is 3. The molecule has 0 heterocycles. The van der Waals surface area contributed by atoms with Crippen LogP contribution in [0.3, 0.4) is 0 Å². The van der Waals surface area contributed by atoms with Crippen LogP contribution in [0, 0.1) is 26.7 Å². The smallest absolute Gasteiger partial charge is 0.330 e. The van der Waals surface area contributed by atoms with E-state index in [-0.39, 0.29) is 6.42 Å². The van der Waals surface area contributed by atoms with E-state index in [4.69, 9.17) is 0 Å². The molecule has 2 atom stereocenters. The predicted molar refractivity (Wildman–Crippen MR) is 85.3 cm³/mol. The number of carboxylic acids is 2. The van der Waals surface area contributed by atoms with E-state index >= 15 is 0 Å². The molecule has 1 aromatic rings. The van der Waals surface area contributed by atoms with Gasteiger partial charge >= 0.3 is 11.9 Å². The van der Waals surface area contributed by atoms with Crippen LogP contribution in [0.25, 0.3) is 0 Å². The Morgan fingerprint density at radius 2 is 1.61 bits per heavy atom. The summed E-state index contributed by atoms with van der Waals surface area (Å²) in [7, 11) is 0. The summed E-state index contributed by atoms with van der Waals surface area (Å²) in [4.78, 5) is 34.9. The van der Waals surface area contributed by atoms with Crippen LogP contribution in [0.2, 0.25) is 0 Å². The molecule has 0 saturated heterocycles. The van der Waals surface area contributed by atoms with Crippen LogP contribution >= 0.6 is 0 Å². The van der Waals surface area contributed by atoms with Crippen molar-refractivity contribution in [3.8, 4) is 0 Å². The second kappa shape index (κ2) is 6.81. The van der Waals surface area contributed by atoms with Gasteiger partial charge < -0.3 is 15.5 Å². The van der Waals surface area contributed by atoms with Gasteiger partial charge in [0.1, 0.15) is 0 Å². The van der Waals surface area contributed by atoms with Crippen molar-refractivity contribution in [3.05, 3.63) is 34.4 Å². The Balaban J connectivity index is 3.49. The fourth-order valence-corrected chi connectivity index (χ4v) is 2.91. The number of aryl methyl sites for hydroxylation is 3. The normalized spacial score (nSPS) is 14.7. The number of amides is 1. The van der Waals surface area contributed by atoms with Crippen molar-refractivity contribution < 1.29 is 24.6 Å². The molecule has 1 rings (SSSR count). The van der Waals surface area contributed by atoms with Gasteiger partial charge in [-0.2, -0.15) is 0 Å². The van der Waals surface area contributed by atoms with E-state index in [0.717, 1.165) is 22.3 Å². The molecule has 1 aromatic carbocycles. The lowest BCUT2D eigenvalue weighted by atomic mass is 9.77. The highest BCUT2D eigenvalue weighted by Gasteiger charge is 2.48. The van der Waals surface area contributed by atoms with Crippen molar-refractivity contribution in [1.82, 2.24) is 5.32 Å². The zero-order valence-electron chi connectivity index (χ0n) is 14.1. The van der Waals surface area contributed by atoms with Crippen LogP contribution in [-0.4, -0.2) is 33.6 Å². The van der Waals surface area contributed by atoms with Gasteiger partial charge in [-0.1, -0.05) is 17.7 Å². The summed E-state index contributed by atoms with van der Waals surface area (Å²) in [5.74, 6) is -4.50. The standard InChI is InChI=1S/C17H23NO5/c1-9-6-10(2)14(11(3)7-9)8-17(16(22)23,18-13(5)19)12(4)15(20)21/h6-7,12H,8H2,1-5H3,(H,18,19)(H,20,21)(H,22,23). The first kappa shape index (κ1) is 18.7. The lowest BCUT2D eigenvalue weighted by Gasteiger charge is -2.34. The lowest BCUT2D eigenvalue weighted by molar-refractivity contribution is -0.158. The Bertz CT molecular complexity index is 629. The molecule has 0 radical (unpaired) electrons. The highest BCUT2D eigenvalue weighted by atomic mass is 16.4. The molecule has 0 aliphatic rings. The van der Waals surface area contributed by atoms with Crippen molar-refractivity contribution in [2.24, 2.45) is 5.92 Å². The summed E-state index contributed by atoms with van der Waals surface area (Å²) in [5, 5.41) is 21.4. The summed E-state index contributed by atoms with van der Waals surface area (Å²) < 4.78 is 0. The molecule has 6 heteroatoms. The largest absolute Gasteiger partial charge is 0.481 e. The molecule has 1 amide bonds. The van der Waals surface area contributed by atoms with Gasteiger partial charge in [-0.25, -0.2) is 4.79 Å². The number of nitrogens with one attached hydrogen (secondary N) is 1. The number of aliphatic carboxylic acids is 2. The Labute approximate surface area is 135 Å². The topological polar surface area (TPSA) is 104 Å². The van der Waals surface area contributed by atoms with Crippen LogP contribution in [0.1, 0.15) is 36.1 Å². The number of benzene rings is 1. The Morgan fingerprint density at radius 3 is 1.96 bits per heavy atom. The van der Waals surface area contributed by atoms with Gasteiger partial charge in [-0.3, -0.25) is 9.59 Å². The average Bonchev–Trinajstić information content (AvgIpc) is 2.39. The number of carboxylic acid groups (broad SMARTS) is 2. The van der Waals surface area contributed by atoms with E-state index in [0.29, 0.717) is 0 Å². The highest BCUT2D eigenvalue weighted by Crippen LogP contribution is 2.28. The Morgan fingerprint density at radius 1 is 1.13 bits per heavy atom. The molecule has 0 aliphatic heterocycles. The predicted octanol–water partition coefficient (Wildman–Crippen LogP) is 1.83. The van der Waals surface area contributed by atoms with Gasteiger partial charge in [-0.05, 0) is 44.4 Å². The summed E-state index contributed by atoms with van der Waals surface area (Å²) >= 11 is 0.